The van der Waals surface area contributed by atoms with Gasteiger partial charge in [0.2, 0.25) is 0 Å². The third-order valence-corrected chi connectivity index (χ3v) is 7.41. The van der Waals surface area contributed by atoms with Crippen LogP contribution in [0.3, 0.4) is 0 Å². The first kappa shape index (κ1) is 29.9. The molecule has 1 unspecified atom stereocenters. The Morgan fingerprint density at radius 3 is 1.81 bits per heavy atom. The number of rotatable bonds is 11. The Kier molecular flexibility index (Phi) is 9.13. The summed E-state index contributed by atoms with van der Waals surface area (Å²) in [5, 5.41) is 26.1. The van der Waals surface area contributed by atoms with E-state index in [9.17, 15) is 10.2 Å². The molecule has 5 nitrogen and oxygen atoms in total. The lowest BCUT2D eigenvalue weighted by Gasteiger charge is -2.37. The average molecular weight is 574 g/mol. The zero-order valence-corrected chi connectivity index (χ0v) is 25.1. The van der Waals surface area contributed by atoms with Gasteiger partial charge in [-0.05, 0) is 68.7 Å². The summed E-state index contributed by atoms with van der Waals surface area (Å²) in [5.74, 6) is 1.26. The topological polar surface area (TPSA) is 71.3 Å². The maximum atomic E-state index is 13.3. The molecule has 1 atom stereocenters. The molecular weight excluding hydrogens is 534 g/mol. The molecule has 0 spiro atoms. The largest absolute Gasteiger partial charge is 0.507 e. The highest BCUT2D eigenvalue weighted by atomic mass is 16.5. The average Bonchev–Trinajstić information content (AvgIpc) is 3.00. The Hall–Kier alpha value is -4.61. The van der Waals surface area contributed by atoms with E-state index in [1.807, 2.05) is 137 Å². The molecule has 5 aromatic rings. The van der Waals surface area contributed by atoms with Crippen molar-refractivity contribution in [1.29, 1.82) is 0 Å². The van der Waals surface area contributed by atoms with Crippen LogP contribution in [0.5, 0.6) is 17.2 Å². The van der Waals surface area contributed by atoms with E-state index in [2.05, 4.69) is 0 Å². The minimum atomic E-state index is -1.68. The third kappa shape index (κ3) is 6.58. The molecule has 5 rings (SSSR count). The number of aliphatic imine (C=N–C) groups is 1. The molecule has 0 aromatic heterocycles. The normalized spacial score (nSPS) is 12.7. The summed E-state index contributed by atoms with van der Waals surface area (Å²) in [5.41, 5.74) is 1.10. The lowest BCUT2D eigenvalue weighted by Crippen LogP contribution is -2.42. The minimum absolute atomic E-state index is 0.115. The number of nitrogens with zero attached hydrogens (tertiary/aromatic N) is 1. The first-order chi connectivity index (χ1) is 20.8. The number of fused-ring (bicyclic) bond motifs is 1. The molecule has 0 aliphatic heterocycles. The van der Waals surface area contributed by atoms with Crippen LogP contribution in [-0.2, 0) is 12.0 Å². The van der Waals surface area contributed by atoms with Crippen LogP contribution >= 0.6 is 0 Å². The lowest BCUT2D eigenvalue weighted by molar-refractivity contribution is 0.0443. The van der Waals surface area contributed by atoms with Crippen LogP contribution in [0.2, 0.25) is 0 Å². The molecule has 0 heterocycles. The van der Waals surface area contributed by atoms with E-state index in [0.29, 0.717) is 34.6 Å². The monoisotopic (exact) mass is 573 g/mol. The Balaban J connectivity index is 1.78. The first-order valence-electron chi connectivity index (χ1n) is 14.8. The maximum Gasteiger partial charge on any atom is 0.144 e. The van der Waals surface area contributed by atoms with Crippen molar-refractivity contribution in [3.05, 3.63) is 138 Å². The summed E-state index contributed by atoms with van der Waals surface area (Å²) in [4.78, 5) is 5.12. The second-order valence-electron chi connectivity index (χ2n) is 11.3. The van der Waals surface area contributed by atoms with Crippen LogP contribution in [0.15, 0.2) is 120 Å². The van der Waals surface area contributed by atoms with Gasteiger partial charge in [0.15, 0.2) is 0 Å². The number of hydrogen-bond acceptors (Lipinski definition) is 5. The number of phenolic OH excluding ortho intramolecular Hbond substituents is 1. The molecule has 0 aliphatic carbocycles. The van der Waals surface area contributed by atoms with Gasteiger partial charge in [-0.2, -0.15) is 0 Å². The third-order valence-electron chi connectivity index (χ3n) is 7.41. The van der Waals surface area contributed by atoms with Gasteiger partial charge >= 0.3 is 0 Å². The van der Waals surface area contributed by atoms with E-state index in [-0.39, 0.29) is 18.0 Å². The summed E-state index contributed by atoms with van der Waals surface area (Å²) in [6, 6.07) is 35.9. The highest BCUT2D eigenvalue weighted by Gasteiger charge is 2.44. The summed E-state index contributed by atoms with van der Waals surface area (Å²) in [6.07, 6.45) is 1.87. The molecule has 220 valence electrons. The van der Waals surface area contributed by atoms with E-state index in [4.69, 9.17) is 14.5 Å². The van der Waals surface area contributed by atoms with Gasteiger partial charge in [-0.15, -0.1) is 0 Å². The molecular formula is C38H39NO4. The van der Waals surface area contributed by atoms with Crippen LogP contribution < -0.4 is 9.47 Å². The molecule has 0 saturated carbocycles. The summed E-state index contributed by atoms with van der Waals surface area (Å²) < 4.78 is 12.6. The Morgan fingerprint density at radius 1 is 0.674 bits per heavy atom. The molecule has 0 amide bonds. The molecule has 0 saturated heterocycles. The maximum absolute atomic E-state index is 13.3. The second-order valence-corrected chi connectivity index (χ2v) is 11.3. The van der Waals surface area contributed by atoms with Crippen molar-refractivity contribution < 1.29 is 19.7 Å². The van der Waals surface area contributed by atoms with Crippen molar-refractivity contribution in [2.24, 2.45) is 4.99 Å². The van der Waals surface area contributed by atoms with Gasteiger partial charge in [0.1, 0.15) is 22.8 Å². The number of benzene rings is 5. The lowest BCUT2D eigenvalue weighted by atomic mass is 9.77. The Labute approximate surface area is 254 Å². The summed E-state index contributed by atoms with van der Waals surface area (Å²) in [7, 11) is 0. The van der Waals surface area contributed by atoms with Gasteiger partial charge in [0.25, 0.3) is 0 Å². The summed E-state index contributed by atoms with van der Waals surface area (Å²) >= 11 is 0. The van der Waals surface area contributed by atoms with Crippen molar-refractivity contribution >= 4 is 17.0 Å². The van der Waals surface area contributed by atoms with Crippen molar-refractivity contribution in [1.82, 2.24) is 0 Å². The molecule has 0 fully saturated rings. The van der Waals surface area contributed by atoms with E-state index in [0.717, 1.165) is 16.3 Å². The van der Waals surface area contributed by atoms with Crippen LogP contribution in [0.25, 0.3) is 10.8 Å². The minimum Gasteiger partial charge on any atom is -0.507 e. The van der Waals surface area contributed by atoms with E-state index in [1.54, 1.807) is 12.3 Å². The molecule has 5 heteroatoms. The van der Waals surface area contributed by atoms with E-state index in [1.165, 1.54) is 0 Å². The molecule has 5 aromatic carbocycles. The zero-order valence-electron chi connectivity index (χ0n) is 25.1. The predicted octanol–water partition coefficient (Wildman–Crippen LogP) is 8.09. The van der Waals surface area contributed by atoms with E-state index >= 15 is 0 Å². The summed E-state index contributed by atoms with van der Waals surface area (Å²) in [6.45, 7) is 7.87. The molecule has 2 N–H and O–H groups in total. The number of hydrogen-bond donors (Lipinski definition) is 2. The highest BCUT2D eigenvalue weighted by Crippen LogP contribution is 2.45. The number of aliphatic hydroxyl groups is 1. The van der Waals surface area contributed by atoms with E-state index < -0.39 is 11.6 Å². The molecule has 0 radical (unpaired) electrons. The van der Waals surface area contributed by atoms with Crippen molar-refractivity contribution in [3.8, 4) is 17.2 Å². The van der Waals surface area contributed by atoms with Gasteiger partial charge in [-0.3, -0.25) is 4.99 Å². The number of ether oxygens (including phenoxy) is 2. The van der Waals surface area contributed by atoms with Gasteiger partial charge in [-0.25, -0.2) is 0 Å². The van der Waals surface area contributed by atoms with Crippen LogP contribution in [0, 0.1) is 0 Å². The Morgan fingerprint density at radius 2 is 1.21 bits per heavy atom. The number of aromatic hydroxyl groups is 1. The number of phenols is 1. The van der Waals surface area contributed by atoms with Crippen molar-refractivity contribution in [3.63, 3.8) is 0 Å². The van der Waals surface area contributed by atoms with Gasteiger partial charge in [0, 0.05) is 22.9 Å². The fraction of sp³-hybridized carbons (Fsp3) is 0.237. The quantitative estimate of drug-likeness (QED) is 0.157. The second kappa shape index (κ2) is 13.1. The van der Waals surface area contributed by atoms with Crippen LogP contribution in [0.4, 0.5) is 0 Å². The number of para-hydroxylation sites is 2. The predicted molar refractivity (Wildman–Crippen MR) is 175 cm³/mol. The van der Waals surface area contributed by atoms with Gasteiger partial charge in [0.05, 0.1) is 18.2 Å². The van der Waals surface area contributed by atoms with Gasteiger partial charge < -0.3 is 19.7 Å². The van der Waals surface area contributed by atoms with Crippen molar-refractivity contribution in [2.75, 3.05) is 0 Å². The van der Waals surface area contributed by atoms with Crippen LogP contribution in [0.1, 0.15) is 49.9 Å². The standard InChI is InChI=1S/C38H39NO4/c1-26(2)42-35-20-12-10-18-32(35)38(41,33-19-11-13-21-36(33)43-27(3)4)37(24-28-14-6-5-7-15-28)39-25-31-30-17-9-8-16-29(30)22-23-34(31)40/h5-23,25-27,37,40-41H,24H2,1-4H3. The Bertz CT molecular complexity index is 1640. The van der Waals surface area contributed by atoms with Crippen molar-refractivity contribution in [2.45, 2.75) is 58.0 Å². The zero-order chi connectivity index (χ0) is 30.4. The molecule has 43 heavy (non-hydrogen) atoms. The highest BCUT2D eigenvalue weighted by molar-refractivity contribution is 6.02. The molecule has 0 aliphatic rings. The smallest absolute Gasteiger partial charge is 0.144 e. The molecule has 0 bridgehead atoms. The van der Waals surface area contributed by atoms with Gasteiger partial charge in [-0.1, -0.05) is 97.1 Å². The fourth-order valence-corrected chi connectivity index (χ4v) is 5.51. The fourth-order valence-electron chi connectivity index (χ4n) is 5.51. The first-order valence-corrected chi connectivity index (χ1v) is 14.8. The SMILES string of the molecule is CC(C)Oc1ccccc1C(O)(c1ccccc1OC(C)C)C(Cc1ccccc1)N=Cc1c(O)ccc2ccccc12. The van der Waals surface area contributed by atoms with Crippen LogP contribution in [-0.4, -0.2) is 34.7 Å².